The second kappa shape index (κ2) is 7.66. The van der Waals surface area contributed by atoms with Gasteiger partial charge in [-0.25, -0.2) is 4.79 Å². The number of fused-ring (bicyclic) bond motifs is 1. The molecule has 0 atom stereocenters. The molecule has 0 aliphatic carbocycles. The first-order chi connectivity index (χ1) is 12.8. The summed E-state index contributed by atoms with van der Waals surface area (Å²) in [6, 6.07) is 14.9. The Morgan fingerprint density at radius 2 is 1.81 bits per heavy atom. The number of carbonyl (C=O) groups is 1. The molecular weight excluding hydrogens is 338 g/mol. The van der Waals surface area contributed by atoms with Gasteiger partial charge in [-0.05, 0) is 62.6 Å². The van der Waals surface area contributed by atoms with Gasteiger partial charge in [0.1, 0.15) is 0 Å². The van der Waals surface area contributed by atoms with E-state index in [4.69, 9.17) is 0 Å². The quantitative estimate of drug-likeness (QED) is 0.712. The maximum atomic E-state index is 12.9. The lowest BCUT2D eigenvalue weighted by Crippen LogP contribution is -2.39. The third kappa shape index (κ3) is 4.19. The first kappa shape index (κ1) is 18.7. The van der Waals surface area contributed by atoms with E-state index < -0.39 is 0 Å². The summed E-state index contributed by atoms with van der Waals surface area (Å²) in [5.41, 5.74) is 4.52. The normalized spacial score (nSPS) is 11.0. The number of H-pyrrole nitrogens is 1. The predicted molar refractivity (Wildman–Crippen MR) is 110 cm³/mol. The zero-order valence-electron chi connectivity index (χ0n) is 16.2. The molecule has 0 saturated heterocycles. The minimum atomic E-state index is -0.183. The van der Waals surface area contributed by atoms with E-state index in [1.165, 1.54) is 5.56 Å². The van der Waals surface area contributed by atoms with E-state index in [1.54, 1.807) is 11.0 Å². The maximum absolute atomic E-state index is 12.9. The molecule has 0 unspecified atom stereocenters. The van der Waals surface area contributed by atoms with Gasteiger partial charge >= 0.3 is 6.03 Å². The van der Waals surface area contributed by atoms with E-state index in [-0.39, 0.29) is 17.6 Å². The van der Waals surface area contributed by atoms with Crippen molar-refractivity contribution >= 4 is 22.6 Å². The molecule has 2 aromatic carbocycles. The third-order valence-electron chi connectivity index (χ3n) is 4.82. The van der Waals surface area contributed by atoms with E-state index in [9.17, 15) is 9.59 Å². The van der Waals surface area contributed by atoms with Crippen LogP contribution in [0.3, 0.4) is 0 Å². The number of anilines is 1. The predicted octanol–water partition coefficient (Wildman–Crippen LogP) is 4.59. The number of carbonyl (C=O) groups excluding carboxylic acids is 1. The van der Waals surface area contributed by atoms with Crippen LogP contribution in [-0.2, 0) is 6.54 Å². The minimum absolute atomic E-state index is 0.0189. The van der Waals surface area contributed by atoms with Crippen LogP contribution in [0.4, 0.5) is 10.5 Å². The van der Waals surface area contributed by atoms with Crippen molar-refractivity contribution in [2.75, 3.05) is 5.32 Å². The van der Waals surface area contributed by atoms with Crippen LogP contribution in [0.5, 0.6) is 0 Å². The van der Waals surface area contributed by atoms with Crippen molar-refractivity contribution < 1.29 is 4.79 Å². The van der Waals surface area contributed by atoms with Crippen LogP contribution >= 0.6 is 0 Å². The number of aryl methyl sites for hydroxylation is 2. The number of rotatable bonds is 4. The molecule has 1 aromatic heterocycles. The highest BCUT2D eigenvalue weighted by Gasteiger charge is 2.19. The summed E-state index contributed by atoms with van der Waals surface area (Å²) in [6.07, 6.45) is 0. The number of aromatic nitrogens is 1. The number of para-hydroxylation sites is 1. The molecule has 5 nitrogen and oxygen atoms in total. The van der Waals surface area contributed by atoms with Gasteiger partial charge in [-0.2, -0.15) is 0 Å². The highest BCUT2D eigenvalue weighted by Crippen LogP contribution is 2.19. The Labute approximate surface area is 159 Å². The first-order valence-corrected chi connectivity index (χ1v) is 9.11. The second-order valence-electron chi connectivity index (χ2n) is 7.16. The van der Waals surface area contributed by atoms with Crippen molar-refractivity contribution in [3.8, 4) is 0 Å². The molecule has 1 heterocycles. The molecule has 2 amide bonds. The Hall–Kier alpha value is -3.08. The Balaban J connectivity index is 1.89. The number of hydrogen-bond acceptors (Lipinski definition) is 2. The maximum Gasteiger partial charge on any atom is 0.322 e. The topological polar surface area (TPSA) is 65.2 Å². The standard InChI is InChI=1S/C22H25N3O2/c1-14(2)25(22(27)23-18-10-9-15(3)16(4)11-18)13-17-12-21(26)24-20-8-6-5-7-19(17)20/h5-12,14H,13H2,1-4H3,(H,23,27)(H,24,26). The number of hydrogen-bond donors (Lipinski definition) is 2. The number of amides is 2. The number of nitrogens with zero attached hydrogens (tertiary/aromatic N) is 1. The van der Waals surface area contributed by atoms with E-state index in [2.05, 4.69) is 10.3 Å². The van der Waals surface area contributed by atoms with Crippen LogP contribution in [0.2, 0.25) is 0 Å². The van der Waals surface area contributed by atoms with Gasteiger partial charge in [-0.1, -0.05) is 24.3 Å². The van der Waals surface area contributed by atoms with Crippen molar-refractivity contribution in [1.82, 2.24) is 9.88 Å². The van der Waals surface area contributed by atoms with Crippen LogP contribution < -0.4 is 10.9 Å². The van der Waals surface area contributed by atoms with Gasteiger partial charge in [0.25, 0.3) is 0 Å². The van der Waals surface area contributed by atoms with Crippen molar-refractivity contribution in [2.24, 2.45) is 0 Å². The molecular formula is C22H25N3O2. The van der Waals surface area contributed by atoms with Gasteiger partial charge in [-0.3, -0.25) is 4.79 Å². The molecule has 0 fully saturated rings. The molecule has 3 rings (SSSR count). The molecule has 0 spiro atoms. The Morgan fingerprint density at radius 1 is 1.07 bits per heavy atom. The number of nitrogens with one attached hydrogen (secondary N) is 2. The highest BCUT2D eigenvalue weighted by molar-refractivity contribution is 5.90. The fraction of sp³-hybridized carbons (Fsp3) is 0.273. The SMILES string of the molecule is Cc1ccc(NC(=O)N(Cc2cc(=O)[nH]c3ccccc23)C(C)C)cc1C. The van der Waals surface area contributed by atoms with Gasteiger partial charge < -0.3 is 15.2 Å². The first-order valence-electron chi connectivity index (χ1n) is 9.11. The fourth-order valence-electron chi connectivity index (χ4n) is 3.09. The smallest absolute Gasteiger partial charge is 0.322 e. The zero-order valence-corrected chi connectivity index (χ0v) is 16.2. The van der Waals surface area contributed by atoms with Gasteiger partial charge in [-0.15, -0.1) is 0 Å². The molecule has 0 radical (unpaired) electrons. The summed E-state index contributed by atoms with van der Waals surface area (Å²) < 4.78 is 0. The minimum Gasteiger partial charge on any atom is -0.322 e. The number of benzene rings is 2. The molecule has 5 heteroatoms. The average Bonchev–Trinajstić information content (AvgIpc) is 2.62. The Kier molecular flexibility index (Phi) is 5.31. The summed E-state index contributed by atoms with van der Waals surface area (Å²) in [5.74, 6) is 0. The van der Waals surface area contributed by atoms with E-state index in [0.29, 0.717) is 6.54 Å². The molecule has 0 saturated carbocycles. The van der Waals surface area contributed by atoms with E-state index in [0.717, 1.165) is 27.7 Å². The zero-order chi connectivity index (χ0) is 19.6. The highest BCUT2D eigenvalue weighted by atomic mass is 16.2. The van der Waals surface area contributed by atoms with E-state index >= 15 is 0 Å². The van der Waals surface area contributed by atoms with Gasteiger partial charge in [0.15, 0.2) is 0 Å². The molecule has 140 valence electrons. The van der Waals surface area contributed by atoms with Crippen LogP contribution in [0.15, 0.2) is 53.3 Å². The lowest BCUT2D eigenvalue weighted by atomic mass is 10.1. The molecule has 0 aliphatic heterocycles. The van der Waals surface area contributed by atoms with Gasteiger partial charge in [0.05, 0.1) is 0 Å². The van der Waals surface area contributed by atoms with Crippen molar-refractivity contribution in [2.45, 2.75) is 40.3 Å². The van der Waals surface area contributed by atoms with Crippen LogP contribution in [0.1, 0.15) is 30.5 Å². The lowest BCUT2D eigenvalue weighted by Gasteiger charge is -2.27. The fourth-order valence-corrected chi connectivity index (χ4v) is 3.09. The summed E-state index contributed by atoms with van der Waals surface area (Å²) in [7, 11) is 0. The summed E-state index contributed by atoms with van der Waals surface area (Å²) in [6.45, 7) is 8.36. The number of pyridine rings is 1. The monoisotopic (exact) mass is 363 g/mol. The van der Waals surface area contributed by atoms with Crippen molar-refractivity contribution in [3.63, 3.8) is 0 Å². The Bertz CT molecular complexity index is 1040. The third-order valence-corrected chi connectivity index (χ3v) is 4.82. The van der Waals surface area contributed by atoms with Gasteiger partial charge in [0, 0.05) is 35.2 Å². The van der Waals surface area contributed by atoms with E-state index in [1.807, 2.05) is 70.2 Å². The van der Waals surface area contributed by atoms with Crippen LogP contribution in [0, 0.1) is 13.8 Å². The molecule has 0 aliphatic rings. The average molecular weight is 363 g/mol. The summed E-state index contributed by atoms with van der Waals surface area (Å²) in [4.78, 5) is 29.5. The summed E-state index contributed by atoms with van der Waals surface area (Å²) in [5, 5.41) is 3.92. The van der Waals surface area contributed by atoms with Crippen molar-refractivity contribution in [1.29, 1.82) is 0 Å². The van der Waals surface area contributed by atoms with Crippen LogP contribution in [-0.4, -0.2) is 22.0 Å². The number of aromatic amines is 1. The molecule has 0 bridgehead atoms. The number of urea groups is 1. The van der Waals surface area contributed by atoms with Gasteiger partial charge in [0.2, 0.25) is 5.56 Å². The summed E-state index contributed by atoms with van der Waals surface area (Å²) >= 11 is 0. The largest absolute Gasteiger partial charge is 0.322 e. The Morgan fingerprint density at radius 3 is 2.52 bits per heavy atom. The molecule has 27 heavy (non-hydrogen) atoms. The second-order valence-corrected chi connectivity index (χ2v) is 7.16. The molecule has 3 aromatic rings. The lowest BCUT2D eigenvalue weighted by molar-refractivity contribution is 0.194. The van der Waals surface area contributed by atoms with Crippen LogP contribution in [0.25, 0.3) is 10.9 Å². The van der Waals surface area contributed by atoms with Crippen molar-refractivity contribution in [3.05, 3.63) is 75.6 Å². The molecule has 2 N–H and O–H groups in total.